The molecular formula is C8H14N2O. The minimum atomic E-state index is 0.302. The third-order valence-corrected chi connectivity index (χ3v) is 2.90. The van der Waals surface area contributed by atoms with Gasteiger partial charge in [0.05, 0.1) is 5.92 Å². The van der Waals surface area contributed by atoms with Gasteiger partial charge in [0.2, 0.25) is 5.91 Å². The number of rotatable bonds is 0. The predicted molar refractivity (Wildman–Crippen MR) is 41.7 cm³/mol. The van der Waals surface area contributed by atoms with Crippen LogP contribution in [0.5, 0.6) is 0 Å². The van der Waals surface area contributed by atoms with Crippen molar-refractivity contribution in [3.8, 4) is 0 Å². The monoisotopic (exact) mass is 154 g/mol. The largest absolute Gasteiger partial charge is 0.278 e. The van der Waals surface area contributed by atoms with Gasteiger partial charge in [-0.2, -0.15) is 0 Å². The first-order chi connectivity index (χ1) is 5.20. The van der Waals surface area contributed by atoms with E-state index >= 15 is 0 Å². The van der Waals surface area contributed by atoms with Crippen molar-refractivity contribution < 1.29 is 4.79 Å². The summed E-state index contributed by atoms with van der Waals surface area (Å²) in [5.74, 6) is 0.616. The Morgan fingerprint density at radius 2 is 2.18 bits per heavy atom. The molecule has 1 amide bonds. The molecule has 2 aliphatic heterocycles. The first kappa shape index (κ1) is 7.10. The second kappa shape index (κ2) is 2.21. The fraction of sp³-hybridized carbons (Fsp3) is 0.875. The highest BCUT2D eigenvalue weighted by molar-refractivity contribution is 5.80. The molecule has 3 heteroatoms. The van der Waals surface area contributed by atoms with Crippen molar-refractivity contribution in [2.75, 3.05) is 13.6 Å². The maximum Gasteiger partial charge on any atom is 0.241 e. The molecular weight excluding hydrogens is 140 g/mol. The minimum absolute atomic E-state index is 0.302. The smallest absolute Gasteiger partial charge is 0.241 e. The second-order valence-electron chi connectivity index (χ2n) is 3.61. The average molecular weight is 154 g/mol. The summed E-state index contributed by atoms with van der Waals surface area (Å²) in [4.78, 5) is 11.4. The van der Waals surface area contributed by atoms with Gasteiger partial charge in [0.25, 0.3) is 0 Å². The number of fused-ring (bicyclic) bond motifs is 2. The third kappa shape index (κ3) is 0.872. The van der Waals surface area contributed by atoms with Gasteiger partial charge in [0.15, 0.2) is 0 Å². The van der Waals surface area contributed by atoms with Crippen LogP contribution in [-0.4, -0.2) is 35.6 Å². The zero-order valence-electron chi connectivity index (χ0n) is 7.08. The van der Waals surface area contributed by atoms with E-state index in [0.29, 0.717) is 17.9 Å². The molecule has 0 aliphatic carbocycles. The molecule has 0 radical (unpaired) electrons. The van der Waals surface area contributed by atoms with Gasteiger partial charge in [-0.1, -0.05) is 0 Å². The Kier molecular flexibility index (Phi) is 1.42. The van der Waals surface area contributed by atoms with Gasteiger partial charge in [-0.3, -0.25) is 9.80 Å². The van der Waals surface area contributed by atoms with Gasteiger partial charge in [0.1, 0.15) is 0 Å². The summed E-state index contributed by atoms with van der Waals surface area (Å²) >= 11 is 0. The van der Waals surface area contributed by atoms with Gasteiger partial charge in [0, 0.05) is 19.6 Å². The lowest BCUT2D eigenvalue weighted by atomic mass is 9.97. The van der Waals surface area contributed by atoms with E-state index in [1.807, 2.05) is 7.05 Å². The average Bonchev–Trinajstić information content (AvgIpc) is 2.24. The van der Waals surface area contributed by atoms with Crippen LogP contribution in [0.1, 0.15) is 19.8 Å². The molecule has 2 bridgehead atoms. The van der Waals surface area contributed by atoms with Crippen LogP contribution in [0.4, 0.5) is 0 Å². The highest BCUT2D eigenvalue weighted by atomic mass is 16.2. The molecule has 0 spiro atoms. The number of nitrogens with zero attached hydrogens (tertiary/aromatic N) is 2. The lowest BCUT2D eigenvalue weighted by Crippen LogP contribution is -2.41. The Balaban J connectivity index is 2.22. The van der Waals surface area contributed by atoms with Crippen LogP contribution in [0.25, 0.3) is 0 Å². The van der Waals surface area contributed by atoms with E-state index in [4.69, 9.17) is 0 Å². The van der Waals surface area contributed by atoms with E-state index in [-0.39, 0.29) is 0 Å². The third-order valence-electron chi connectivity index (χ3n) is 2.90. The quantitative estimate of drug-likeness (QED) is 0.506. The van der Waals surface area contributed by atoms with Crippen LogP contribution in [0.15, 0.2) is 0 Å². The van der Waals surface area contributed by atoms with E-state index in [2.05, 4.69) is 11.9 Å². The zero-order valence-corrected chi connectivity index (χ0v) is 7.08. The van der Waals surface area contributed by atoms with E-state index < -0.39 is 0 Å². The molecule has 0 saturated carbocycles. The van der Waals surface area contributed by atoms with E-state index in [0.717, 1.165) is 13.0 Å². The summed E-state index contributed by atoms with van der Waals surface area (Å²) in [5, 5.41) is 3.97. The Hall–Kier alpha value is -0.570. The molecule has 0 aromatic rings. The zero-order chi connectivity index (χ0) is 8.01. The van der Waals surface area contributed by atoms with Crippen LogP contribution in [-0.2, 0) is 4.79 Å². The molecule has 2 saturated heterocycles. The van der Waals surface area contributed by atoms with Gasteiger partial charge in [-0.25, -0.2) is 5.01 Å². The van der Waals surface area contributed by atoms with Crippen LogP contribution in [0.3, 0.4) is 0 Å². The fourth-order valence-electron chi connectivity index (χ4n) is 2.10. The number of hydrogen-bond acceptors (Lipinski definition) is 2. The molecule has 2 rings (SSSR count). The van der Waals surface area contributed by atoms with Crippen molar-refractivity contribution in [2.24, 2.45) is 5.92 Å². The number of carbonyl (C=O) groups is 1. The van der Waals surface area contributed by atoms with Gasteiger partial charge < -0.3 is 0 Å². The summed E-state index contributed by atoms with van der Waals surface area (Å²) in [7, 11) is 1.88. The van der Waals surface area contributed by atoms with Gasteiger partial charge >= 0.3 is 0 Å². The number of amides is 1. The number of piperidine rings is 1. The maximum absolute atomic E-state index is 11.4. The van der Waals surface area contributed by atoms with Crippen molar-refractivity contribution in [2.45, 2.75) is 25.8 Å². The predicted octanol–water partition coefficient (Wildman–Crippen LogP) is 0.474. The van der Waals surface area contributed by atoms with E-state index in [1.54, 1.807) is 5.01 Å². The Labute approximate surface area is 66.9 Å². The van der Waals surface area contributed by atoms with E-state index in [9.17, 15) is 4.79 Å². The van der Waals surface area contributed by atoms with E-state index in [1.165, 1.54) is 6.42 Å². The Morgan fingerprint density at radius 1 is 1.45 bits per heavy atom. The molecule has 0 aromatic carbocycles. The van der Waals surface area contributed by atoms with Gasteiger partial charge in [-0.15, -0.1) is 0 Å². The van der Waals surface area contributed by atoms with Crippen LogP contribution in [0.2, 0.25) is 0 Å². The molecule has 62 valence electrons. The number of hydrogen-bond donors (Lipinski definition) is 0. The fourth-order valence-corrected chi connectivity index (χ4v) is 2.10. The van der Waals surface area contributed by atoms with Crippen molar-refractivity contribution in [3.05, 3.63) is 0 Å². The minimum Gasteiger partial charge on any atom is -0.278 e. The van der Waals surface area contributed by atoms with Crippen molar-refractivity contribution in [3.63, 3.8) is 0 Å². The highest BCUT2D eigenvalue weighted by Gasteiger charge is 2.41. The summed E-state index contributed by atoms with van der Waals surface area (Å²) in [5.41, 5.74) is 0. The molecule has 2 aliphatic rings. The molecule has 2 fully saturated rings. The van der Waals surface area contributed by atoms with Gasteiger partial charge in [-0.05, 0) is 19.8 Å². The van der Waals surface area contributed by atoms with Crippen LogP contribution >= 0.6 is 0 Å². The SMILES string of the molecule is CC1CCC2CN1N(C)C2=O. The summed E-state index contributed by atoms with van der Waals surface area (Å²) < 4.78 is 0. The normalized spacial score (nSPS) is 43.3. The van der Waals surface area contributed by atoms with Crippen LogP contribution < -0.4 is 0 Å². The first-order valence-corrected chi connectivity index (χ1v) is 4.24. The molecule has 3 nitrogen and oxygen atoms in total. The lowest BCUT2D eigenvalue weighted by Gasteiger charge is -2.31. The maximum atomic E-state index is 11.4. The summed E-state index contributed by atoms with van der Waals surface area (Å²) in [6, 6.07) is 0.558. The van der Waals surface area contributed by atoms with Crippen LogP contribution in [0, 0.1) is 5.92 Å². The summed E-state index contributed by atoms with van der Waals surface area (Å²) in [6.07, 6.45) is 2.25. The topological polar surface area (TPSA) is 23.6 Å². The van der Waals surface area contributed by atoms with Crippen molar-refractivity contribution >= 4 is 5.91 Å². The molecule has 2 heterocycles. The molecule has 0 N–H and O–H groups in total. The van der Waals surface area contributed by atoms with Crippen molar-refractivity contribution in [1.29, 1.82) is 0 Å². The number of carbonyl (C=O) groups excluding carboxylic acids is 1. The number of hydrazine groups is 1. The summed E-state index contributed by atoms with van der Waals surface area (Å²) in [6.45, 7) is 3.14. The highest BCUT2D eigenvalue weighted by Crippen LogP contribution is 2.30. The molecule has 3 unspecified atom stereocenters. The molecule has 3 atom stereocenters. The molecule has 0 aromatic heterocycles. The first-order valence-electron chi connectivity index (χ1n) is 4.24. The standard InChI is InChI=1S/C8H14N2O/c1-6-3-4-7-5-10(6)9(2)8(7)11/h6-7H,3-5H2,1-2H3. The second-order valence-corrected chi connectivity index (χ2v) is 3.61. The lowest BCUT2D eigenvalue weighted by molar-refractivity contribution is -0.137. The Morgan fingerprint density at radius 3 is 2.82 bits per heavy atom. The Bertz CT molecular complexity index is 193. The molecule has 11 heavy (non-hydrogen) atoms. The van der Waals surface area contributed by atoms with Crippen molar-refractivity contribution in [1.82, 2.24) is 10.0 Å².